The van der Waals surface area contributed by atoms with Gasteiger partial charge < -0.3 is 9.47 Å². The molecule has 0 spiro atoms. The Labute approximate surface area is 155 Å². The summed E-state index contributed by atoms with van der Waals surface area (Å²) in [7, 11) is 0. The van der Waals surface area contributed by atoms with Crippen molar-refractivity contribution in [1.82, 2.24) is 19.4 Å². The molecule has 1 aromatic carbocycles. The van der Waals surface area contributed by atoms with E-state index in [0.29, 0.717) is 0 Å². The van der Waals surface area contributed by atoms with E-state index in [1.54, 1.807) is 11.8 Å². The minimum absolute atomic E-state index is 0.832. The maximum absolute atomic E-state index is 4.72. The van der Waals surface area contributed by atoms with Gasteiger partial charge in [-0.15, -0.1) is 0 Å². The van der Waals surface area contributed by atoms with Gasteiger partial charge in [-0.3, -0.25) is 0 Å². The summed E-state index contributed by atoms with van der Waals surface area (Å²) in [5, 5.41) is 2.03. The topological polar surface area (TPSA) is 34.0 Å². The Balaban J connectivity index is 1.77. The molecule has 4 nitrogen and oxygen atoms in total. The lowest BCUT2D eigenvalue weighted by molar-refractivity contribution is 0.324. The van der Waals surface area contributed by atoms with E-state index in [1.165, 1.54) is 5.39 Å². The molecule has 6 heteroatoms. The minimum atomic E-state index is 0.832. The highest BCUT2D eigenvalue weighted by atomic mass is 79.9. The van der Waals surface area contributed by atoms with E-state index in [-0.39, 0.29) is 0 Å². The highest BCUT2D eigenvalue weighted by Gasteiger charge is 2.07. The SMILES string of the molecule is CCN(CC)CCSc1nccc(-n2ccc3cc(Br)ccc32)n1. The summed E-state index contributed by atoms with van der Waals surface area (Å²) in [5.41, 5.74) is 1.15. The fraction of sp³-hybridized carbons (Fsp3) is 0.333. The standard InChI is InChI=1S/C18H21BrN4S/c1-3-22(4-2)11-12-24-18-20-9-7-17(21-18)23-10-8-14-13-15(19)5-6-16(14)23/h5-10,13H,3-4,11-12H2,1-2H3. The van der Waals surface area contributed by atoms with Gasteiger partial charge >= 0.3 is 0 Å². The van der Waals surface area contributed by atoms with Gasteiger partial charge in [0, 0.05) is 34.6 Å². The van der Waals surface area contributed by atoms with E-state index < -0.39 is 0 Å². The molecule has 0 fully saturated rings. The van der Waals surface area contributed by atoms with Crippen molar-refractivity contribution in [3.05, 3.63) is 47.2 Å². The first kappa shape index (κ1) is 17.5. The predicted octanol–water partition coefficient (Wildman–Crippen LogP) is 4.62. The monoisotopic (exact) mass is 404 g/mol. The number of aromatic nitrogens is 3. The quantitative estimate of drug-likeness (QED) is 0.425. The van der Waals surface area contributed by atoms with Crippen LogP contribution in [0.15, 0.2) is 52.4 Å². The second-order valence-electron chi connectivity index (χ2n) is 5.46. The van der Waals surface area contributed by atoms with E-state index in [1.807, 2.05) is 12.3 Å². The summed E-state index contributed by atoms with van der Waals surface area (Å²) in [5.74, 6) is 1.91. The summed E-state index contributed by atoms with van der Waals surface area (Å²) >= 11 is 5.23. The maximum Gasteiger partial charge on any atom is 0.189 e. The highest BCUT2D eigenvalue weighted by Crippen LogP contribution is 2.24. The first-order chi connectivity index (χ1) is 11.7. The maximum atomic E-state index is 4.72. The van der Waals surface area contributed by atoms with Gasteiger partial charge in [0.05, 0.1) is 5.52 Å². The van der Waals surface area contributed by atoms with Crippen molar-refractivity contribution in [3.63, 3.8) is 0 Å². The third-order valence-electron chi connectivity index (χ3n) is 4.05. The second-order valence-corrected chi connectivity index (χ2v) is 7.44. The van der Waals surface area contributed by atoms with E-state index in [4.69, 9.17) is 4.98 Å². The third-order valence-corrected chi connectivity index (χ3v) is 5.39. The lowest BCUT2D eigenvalue weighted by Crippen LogP contribution is -2.25. The molecule has 2 heterocycles. The molecule has 0 atom stereocenters. The van der Waals surface area contributed by atoms with Crippen LogP contribution in [-0.2, 0) is 0 Å². The number of halogens is 1. The van der Waals surface area contributed by atoms with Crippen molar-refractivity contribution in [2.75, 3.05) is 25.4 Å². The fourth-order valence-electron chi connectivity index (χ4n) is 2.65. The average Bonchev–Trinajstić information content (AvgIpc) is 3.02. The molecule has 0 N–H and O–H groups in total. The molecule has 0 saturated carbocycles. The van der Waals surface area contributed by atoms with Crippen LogP contribution in [0.2, 0.25) is 0 Å². The summed E-state index contributed by atoms with van der Waals surface area (Å²) in [6.07, 6.45) is 3.90. The van der Waals surface area contributed by atoms with Crippen molar-refractivity contribution >= 4 is 38.6 Å². The van der Waals surface area contributed by atoms with Gasteiger partial charge in [0.25, 0.3) is 0 Å². The summed E-state index contributed by atoms with van der Waals surface area (Å²) in [4.78, 5) is 11.5. The summed E-state index contributed by atoms with van der Waals surface area (Å²) in [6.45, 7) is 7.62. The molecule has 0 aliphatic rings. The van der Waals surface area contributed by atoms with Crippen LogP contribution < -0.4 is 0 Å². The second kappa shape index (κ2) is 8.14. The normalized spacial score (nSPS) is 11.5. The van der Waals surface area contributed by atoms with Crippen molar-refractivity contribution in [2.45, 2.75) is 19.0 Å². The zero-order valence-electron chi connectivity index (χ0n) is 13.9. The zero-order chi connectivity index (χ0) is 16.9. The van der Waals surface area contributed by atoms with Crippen molar-refractivity contribution in [3.8, 4) is 5.82 Å². The van der Waals surface area contributed by atoms with Crippen LogP contribution in [0, 0.1) is 0 Å². The fourth-order valence-corrected chi connectivity index (χ4v) is 3.86. The Morgan fingerprint density at radius 2 is 2.00 bits per heavy atom. The van der Waals surface area contributed by atoms with E-state index in [2.05, 4.69) is 74.7 Å². The van der Waals surface area contributed by atoms with Gasteiger partial charge in [0.2, 0.25) is 0 Å². The molecular formula is C18H21BrN4S. The van der Waals surface area contributed by atoms with Gasteiger partial charge in [-0.25, -0.2) is 9.97 Å². The lowest BCUT2D eigenvalue weighted by atomic mass is 10.2. The van der Waals surface area contributed by atoms with Crippen molar-refractivity contribution in [1.29, 1.82) is 0 Å². The van der Waals surface area contributed by atoms with E-state index in [9.17, 15) is 0 Å². The molecule has 0 amide bonds. The molecule has 3 aromatic rings. The van der Waals surface area contributed by atoms with Crippen molar-refractivity contribution < 1.29 is 0 Å². The number of fused-ring (bicyclic) bond motifs is 1. The molecule has 0 aliphatic heterocycles. The van der Waals surface area contributed by atoms with Gasteiger partial charge in [0.15, 0.2) is 5.16 Å². The molecule has 3 rings (SSSR count). The van der Waals surface area contributed by atoms with Gasteiger partial charge in [0.1, 0.15) is 5.82 Å². The lowest BCUT2D eigenvalue weighted by Gasteiger charge is -2.16. The van der Waals surface area contributed by atoms with E-state index >= 15 is 0 Å². The summed E-state index contributed by atoms with van der Waals surface area (Å²) < 4.78 is 3.20. The third kappa shape index (κ3) is 3.99. The Hall–Kier alpha value is -1.37. The predicted molar refractivity (Wildman–Crippen MR) is 105 cm³/mol. The Morgan fingerprint density at radius 3 is 2.79 bits per heavy atom. The number of hydrogen-bond donors (Lipinski definition) is 0. The Morgan fingerprint density at radius 1 is 1.17 bits per heavy atom. The molecule has 0 radical (unpaired) electrons. The molecule has 0 unspecified atom stereocenters. The number of thioether (sulfide) groups is 1. The molecular weight excluding hydrogens is 384 g/mol. The molecule has 0 aliphatic carbocycles. The highest BCUT2D eigenvalue weighted by molar-refractivity contribution is 9.10. The number of nitrogens with zero attached hydrogens (tertiary/aromatic N) is 4. The van der Waals surface area contributed by atoms with Crippen LogP contribution in [0.3, 0.4) is 0 Å². The first-order valence-corrected chi connectivity index (χ1v) is 9.94. The molecule has 0 bridgehead atoms. The van der Waals surface area contributed by atoms with E-state index in [0.717, 1.165) is 46.4 Å². The summed E-state index contributed by atoms with van der Waals surface area (Å²) in [6, 6.07) is 10.3. The molecule has 2 aromatic heterocycles. The average molecular weight is 405 g/mol. The van der Waals surface area contributed by atoms with Crippen LogP contribution in [0.25, 0.3) is 16.7 Å². The van der Waals surface area contributed by atoms with Crippen molar-refractivity contribution in [2.24, 2.45) is 0 Å². The van der Waals surface area contributed by atoms with Gasteiger partial charge in [-0.05, 0) is 43.4 Å². The number of hydrogen-bond acceptors (Lipinski definition) is 4. The smallest absolute Gasteiger partial charge is 0.189 e. The first-order valence-electron chi connectivity index (χ1n) is 8.16. The molecule has 126 valence electrons. The number of rotatable bonds is 7. The van der Waals surface area contributed by atoms with Crippen LogP contribution in [0.4, 0.5) is 0 Å². The van der Waals surface area contributed by atoms with Crippen LogP contribution in [-0.4, -0.2) is 44.8 Å². The number of benzene rings is 1. The van der Waals surface area contributed by atoms with Gasteiger partial charge in [-0.2, -0.15) is 0 Å². The molecule has 0 saturated heterocycles. The van der Waals surface area contributed by atoms with Gasteiger partial charge in [-0.1, -0.05) is 41.5 Å². The largest absolute Gasteiger partial charge is 0.303 e. The minimum Gasteiger partial charge on any atom is -0.303 e. The Kier molecular flexibility index (Phi) is 5.92. The van der Waals surface area contributed by atoms with Crippen LogP contribution in [0.1, 0.15) is 13.8 Å². The zero-order valence-corrected chi connectivity index (χ0v) is 16.3. The van der Waals surface area contributed by atoms with Crippen LogP contribution in [0.5, 0.6) is 0 Å². The van der Waals surface area contributed by atoms with Crippen LogP contribution >= 0.6 is 27.7 Å². The Bertz CT molecular complexity index is 814. The molecule has 24 heavy (non-hydrogen) atoms.